The predicted octanol–water partition coefficient (Wildman–Crippen LogP) is 3.37. The average molecular weight is 369 g/mol. The largest absolute Gasteiger partial charge is 0.494 e. The first kappa shape index (κ1) is 17.9. The van der Waals surface area contributed by atoms with Crippen LogP contribution in [0.5, 0.6) is 5.75 Å². The molecule has 2 aromatic carbocycles. The van der Waals surface area contributed by atoms with Gasteiger partial charge in [-0.1, -0.05) is 29.5 Å². The van der Waals surface area contributed by atoms with E-state index >= 15 is 0 Å². The van der Waals surface area contributed by atoms with Gasteiger partial charge in [0, 0.05) is 5.56 Å². The van der Waals surface area contributed by atoms with Crippen molar-refractivity contribution in [1.82, 2.24) is 10.3 Å². The Hall–Kier alpha value is -2.93. The Labute approximate surface area is 155 Å². The molecule has 0 radical (unpaired) electrons. The van der Waals surface area contributed by atoms with E-state index in [0.29, 0.717) is 17.3 Å². The topological polar surface area (TPSA) is 80.3 Å². The number of thiazole rings is 1. The highest BCUT2D eigenvalue weighted by atomic mass is 32.1. The minimum Gasteiger partial charge on any atom is -0.494 e. The number of aryl methyl sites for hydroxylation is 1. The van der Waals surface area contributed by atoms with Crippen molar-refractivity contribution in [2.45, 2.75) is 13.8 Å². The van der Waals surface area contributed by atoms with E-state index in [-0.39, 0.29) is 18.4 Å². The number of anilines is 1. The Balaban J connectivity index is 1.60. The summed E-state index contributed by atoms with van der Waals surface area (Å²) in [4.78, 5) is 28.6. The van der Waals surface area contributed by atoms with Crippen LogP contribution in [0.3, 0.4) is 0 Å². The van der Waals surface area contributed by atoms with Crippen LogP contribution < -0.4 is 15.4 Å². The number of nitrogens with zero attached hydrogens (tertiary/aromatic N) is 1. The summed E-state index contributed by atoms with van der Waals surface area (Å²) >= 11 is 1.36. The summed E-state index contributed by atoms with van der Waals surface area (Å²) in [6.45, 7) is 4.25. The number of hydrogen-bond acceptors (Lipinski definition) is 5. The molecule has 0 aliphatic rings. The second-order valence-electron chi connectivity index (χ2n) is 5.63. The molecular formula is C19H19N3O3S. The Kier molecular flexibility index (Phi) is 5.48. The molecule has 0 saturated carbocycles. The van der Waals surface area contributed by atoms with Crippen molar-refractivity contribution in [3.63, 3.8) is 0 Å². The molecule has 1 aromatic heterocycles. The zero-order valence-corrected chi connectivity index (χ0v) is 15.4. The van der Waals surface area contributed by atoms with Crippen molar-refractivity contribution in [1.29, 1.82) is 0 Å². The lowest BCUT2D eigenvalue weighted by atomic mass is 10.1. The van der Waals surface area contributed by atoms with Crippen molar-refractivity contribution in [2.75, 3.05) is 18.5 Å². The first-order valence-electron chi connectivity index (χ1n) is 8.24. The number of fused-ring (bicyclic) bond motifs is 1. The van der Waals surface area contributed by atoms with E-state index in [0.717, 1.165) is 21.5 Å². The third-order valence-electron chi connectivity index (χ3n) is 3.72. The number of aromatic nitrogens is 1. The molecule has 0 fully saturated rings. The fourth-order valence-corrected chi connectivity index (χ4v) is 3.37. The van der Waals surface area contributed by atoms with Gasteiger partial charge >= 0.3 is 0 Å². The zero-order chi connectivity index (χ0) is 18.5. The SMILES string of the molecule is CCOc1ccc2nc(NC(=O)CNC(=O)c3ccccc3C)sc2c1. The maximum absolute atomic E-state index is 12.1. The van der Waals surface area contributed by atoms with Gasteiger partial charge in [-0.3, -0.25) is 9.59 Å². The van der Waals surface area contributed by atoms with Gasteiger partial charge in [-0.25, -0.2) is 4.98 Å². The molecule has 2 amide bonds. The zero-order valence-electron chi connectivity index (χ0n) is 14.5. The molecule has 3 rings (SSSR count). The Morgan fingerprint density at radius 2 is 2.00 bits per heavy atom. The molecule has 2 N–H and O–H groups in total. The van der Waals surface area contributed by atoms with Gasteiger partial charge < -0.3 is 15.4 Å². The van der Waals surface area contributed by atoms with Gasteiger partial charge in [0.15, 0.2) is 5.13 Å². The van der Waals surface area contributed by atoms with Crippen molar-refractivity contribution in [3.05, 3.63) is 53.6 Å². The van der Waals surface area contributed by atoms with Gasteiger partial charge in [-0.15, -0.1) is 0 Å². The number of hydrogen-bond donors (Lipinski definition) is 2. The van der Waals surface area contributed by atoms with Crippen LogP contribution in [0.15, 0.2) is 42.5 Å². The van der Waals surface area contributed by atoms with Crippen LogP contribution in [0.25, 0.3) is 10.2 Å². The number of carbonyl (C=O) groups excluding carboxylic acids is 2. The minimum atomic E-state index is -0.323. The quantitative estimate of drug-likeness (QED) is 0.698. The third-order valence-corrected chi connectivity index (χ3v) is 4.65. The highest BCUT2D eigenvalue weighted by Crippen LogP contribution is 2.29. The molecule has 0 spiro atoms. The summed E-state index contributed by atoms with van der Waals surface area (Å²) in [7, 11) is 0. The van der Waals surface area contributed by atoms with E-state index < -0.39 is 0 Å². The van der Waals surface area contributed by atoms with Crippen LogP contribution in [0.2, 0.25) is 0 Å². The molecule has 0 saturated heterocycles. The van der Waals surface area contributed by atoms with Gasteiger partial charge in [0.25, 0.3) is 5.91 Å². The molecule has 3 aromatic rings. The molecule has 1 heterocycles. The van der Waals surface area contributed by atoms with Crippen molar-refractivity contribution >= 4 is 38.5 Å². The van der Waals surface area contributed by atoms with Crippen LogP contribution in [0.4, 0.5) is 5.13 Å². The minimum absolute atomic E-state index is 0.118. The van der Waals surface area contributed by atoms with Crippen molar-refractivity contribution in [3.8, 4) is 5.75 Å². The first-order chi connectivity index (χ1) is 12.6. The highest BCUT2D eigenvalue weighted by molar-refractivity contribution is 7.22. The van der Waals surface area contributed by atoms with Gasteiger partial charge in [-0.05, 0) is 43.7 Å². The Bertz CT molecular complexity index is 952. The van der Waals surface area contributed by atoms with Crippen LogP contribution in [0, 0.1) is 6.92 Å². The summed E-state index contributed by atoms with van der Waals surface area (Å²) < 4.78 is 6.39. The molecular weight excluding hydrogens is 350 g/mol. The number of amides is 2. The van der Waals surface area contributed by atoms with Crippen molar-refractivity contribution < 1.29 is 14.3 Å². The standard InChI is InChI=1S/C19H19N3O3S/c1-3-25-13-8-9-15-16(10-13)26-19(21-15)22-17(23)11-20-18(24)14-7-5-4-6-12(14)2/h4-10H,3,11H2,1-2H3,(H,20,24)(H,21,22,23). The fraction of sp³-hybridized carbons (Fsp3) is 0.211. The Morgan fingerprint density at radius 3 is 2.77 bits per heavy atom. The van der Waals surface area contributed by atoms with Gasteiger partial charge in [0.2, 0.25) is 5.91 Å². The molecule has 0 aliphatic carbocycles. The summed E-state index contributed by atoms with van der Waals surface area (Å²) in [5.74, 6) is 0.173. The molecule has 0 unspecified atom stereocenters. The van der Waals surface area contributed by atoms with E-state index in [1.165, 1.54) is 11.3 Å². The van der Waals surface area contributed by atoms with E-state index in [1.54, 1.807) is 12.1 Å². The fourth-order valence-electron chi connectivity index (χ4n) is 2.46. The van der Waals surface area contributed by atoms with E-state index in [2.05, 4.69) is 15.6 Å². The molecule has 134 valence electrons. The molecule has 0 atom stereocenters. The van der Waals surface area contributed by atoms with E-state index in [1.807, 2.05) is 44.2 Å². The number of rotatable bonds is 6. The molecule has 0 aliphatic heterocycles. The third kappa shape index (κ3) is 4.18. The van der Waals surface area contributed by atoms with Crippen LogP contribution in [-0.2, 0) is 4.79 Å². The lowest BCUT2D eigenvalue weighted by Crippen LogP contribution is -2.33. The lowest BCUT2D eigenvalue weighted by molar-refractivity contribution is -0.115. The highest BCUT2D eigenvalue weighted by Gasteiger charge is 2.12. The van der Waals surface area contributed by atoms with Crippen LogP contribution in [0.1, 0.15) is 22.8 Å². The van der Waals surface area contributed by atoms with Crippen LogP contribution in [-0.4, -0.2) is 29.9 Å². The normalized spacial score (nSPS) is 10.5. The summed E-state index contributed by atoms with van der Waals surface area (Å²) in [6, 6.07) is 12.8. The second kappa shape index (κ2) is 7.97. The molecule has 6 nitrogen and oxygen atoms in total. The smallest absolute Gasteiger partial charge is 0.251 e. The summed E-state index contributed by atoms with van der Waals surface area (Å²) in [5, 5.41) is 5.83. The number of carbonyl (C=O) groups is 2. The number of ether oxygens (including phenoxy) is 1. The van der Waals surface area contributed by atoms with Crippen LogP contribution >= 0.6 is 11.3 Å². The summed E-state index contributed by atoms with van der Waals surface area (Å²) in [5.41, 5.74) is 2.21. The lowest BCUT2D eigenvalue weighted by Gasteiger charge is -2.07. The van der Waals surface area contributed by atoms with Gasteiger partial charge in [0.1, 0.15) is 5.75 Å². The van der Waals surface area contributed by atoms with Crippen molar-refractivity contribution in [2.24, 2.45) is 0 Å². The van der Waals surface area contributed by atoms with Gasteiger partial charge in [0.05, 0.1) is 23.4 Å². The number of nitrogens with one attached hydrogen (secondary N) is 2. The van der Waals surface area contributed by atoms with Gasteiger partial charge in [-0.2, -0.15) is 0 Å². The van der Waals surface area contributed by atoms with E-state index in [9.17, 15) is 9.59 Å². The maximum Gasteiger partial charge on any atom is 0.251 e. The maximum atomic E-state index is 12.1. The predicted molar refractivity (Wildman–Crippen MR) is 103 cm³/mol. The number of benzene rings is 2. The molecule has 0 bridgehead atoms. The monoisotopic (exact) mass is 369 g/mol. The second-order valence-corrected chi connectivity index (χ2v) is 6.66. The molecule has 7 heteroatoms. The molecule has 26 heavy (non-hydrogen) atoms. The summed E-state index contributed by atoms with van der Waals surface area (Å²) in [6.07, 6.45) is 0. The first-order valence-corrected chi connectivity index (χ1v) is 9.05. The van der Waals surface area contributed by atoms with E-state index in [4.69, 9.17) is 4.74 Å². The Morgan fingerprint density at radius 1 is 1.19 bits per heavy atom. The average Bonchev–Trinajstić information content (AvgIpc) is 3.02.